The van der Waals surface area contributed by atoms with Gasteiger partial charge in [-0.1, -0.05) is 0 Å². The van der Waals surface area contributed by atoms with Crippen LogP contribution >= 0.6 is 0 Å². The molecule has 48 valence electrons. The lowest BCUT2D eigenvalue weighted by atomic mass is 10.2. The number of rotatable bonds is 2. The molecule has 0 aromatic rings. The van der Waals surface area contributed by atoms with Crippen LogP contribution in [-0.2, 0) is 0 Å². The molecule has 1 nitrogen and oxygen atoms in total. The van der Waals surface area contributed by atoms with Gasteiger partial charge in [0.05, 0.1) is 6.04 Å². The lowest BCUT2D eigenvalue weighted by Crippen LogP contribution is -2.11. The van der Waals surface area contributed by atoms with E-state index in [0.29, 0.717) is 0 Å². The zero-order chi connectivity index (χ0) is 6.57. The van der Waals surface area contributed by atoms with Crippen LogP contribution in [0.1, 0.15) is 20.8 Å². The van der Waals surface area contributed by atoms with Crippen LogP contribution in [0.4, 0.5) is 4.39 Å². The summed E-state index contributed by atoms with van der Waals surface area (Å²) in [5.41, 5.74) is 0. The second-order valence-corrected chi connectivity index (χ2v) is 1.83. The minimum Gasteiger partial charge on any atom is -0.292 e. The van der Waals surface area contributed by atoms with Gasteiger partial charge in [0.15, 0.2) is 0 Å². The Hall–Kier alpha value is -0.400. The summed E-state index contributed by atoms with van der Waals surface area (Å²) in [5.74, 6) is 0. The Kier molecular flexibility index (Phi) is 3.40. The highest BCUT2D eigenvalue weighted by molar-refractivity contribution is 5.53. The van der Waals surface area contributed by atoms with Crippen molar-refractivity contribution in [3.05, 3.63) is 0 Å². The molecule has 0 saturated heterocycles. The second-order valence-electron chi connectivity index (χ2n) is 1.83. The lowest BCUT2D eigenvalue weighted by molar-refractivity contribution is 0.319. The molecule has 0 bridgehead atoms. The molecule has 0 N–H and O–H groups in total. The van der Waals surface area contributed by atoms with E-state index in [-0.39, 0.29) is 6.04 Å². The van der Waals surface area contributed by atoms with E-state index >= 15 is 0 Å². The minimum absolute atomic E-state index is 0.181. The molecule has 0 rings (SSSR count). The maximum atomic E-state index is 12.2. The maximum Gasteiger partial charge on any atom is 0.119 e. The van der Waals surface area contributed by atoms with Gasteiger partial charge in [-0.25, -0.2) is 4.39 Å². The number of alkyl halides is 1. The smallest absolute Gasteiger partial charge is 0.119 e. The third-order valence-corrected chi connectivity index (χ3v) is 1.05. The molecule has 0 spiro atoms. The highest BCUT2D eigenvalue weighted by Gasteiger charge is 2.05. The van der Waals surface area contributed by atoms with Crippen molar-refractivity contribution < 1.29 is 4.39 Å². The van der Waals surface area contributed by atoms with Gasteiger partial charge in [-0.05, 0) is 27.0 Å². The first-order valence-corrected chi connectivity index (χ1v) is 2.80. The van der Waals surface area contributed by atoms with E-state index < -0.39 is 6.17 Å². The average molecular weight is 117 g/mol. The third-order valence-electron chi connectivity index (χ3n) is 1.05. The van der Waals surface area contributed by atoms with E-state index in [1.165, 1.54) is 6.92 Å². The van der Waals surface area contributed by atoms with Gasteiger partial charge in [0.2, 0.25) is 0 Å². The fourth-order valence-electron chi connectivity index (χ4n) is 0.354. The van der Waals surface area contributed by atoms with Gasteiger partial charge in [0, 0.05) is 0 Å². The molecule has 2 atom stereocenters. The SMILES string of the molecule is CC=NC(C)C(C)F. The Morgan fingerprint density at radius 3 is 2.12 bits per heavy atom. The predicted octanol–water partition coefficient (Wildman–Crippen LogP) is 1.82. The number of halogens is 1. The average Bonchev–Trinajstić information content (AvgIpc) is 1.67. The van der Waals surface area contributed by atoms with Crippen LogP contribution in [0.25, 0.3) is 0 Å². The third kappa shape index (κ3) is 2.72. The summed E-state index contributed by atoms with van der Waals surface area (Å²) in [5, 5.41) is 0. The predicted molar refractivity (Wildman–Crippen MR) is 34.2 cm³/mol. The van der Waals surface area contributed by atoms with E-state index in [4.69, 9.17) is 0 Å². The topological polar surface area (TPSA) is 12.4 Å². The zero-order valence-corrected chi connectivity index (χ0v) is 5.56. The van der Waals surface area contributed by atoms with Gasteiger partial charge in [0.1, 0.15) is 6.17 Å². The summed E-state index contributed by atoms with van der Waals surface area (Å²) in [4.78, 5) is 3.82. The van der Waals surface area contributed by atoms with Crippen LogP contribution in [0, 0.1) is 0 Å². The quantitative estimate of drug-likeness (QED) is 0.489. The summed E-state index contributed by atoms with van der Waals surface area (Å²) < 4.78 is 12.2. The molecule has 0 aromatic heterocycles. The van der Waals surface area contributed by atoms with Gasteiger partial charge in [-0.15, -0.1) is 0 Å². The van der Waals surface area contributed by atoms with Gasteiger partial charge in [0.25, 0.3) is 0 Å². The summed E-state index contributed by atoms with van der Waals surface area (Å²) in [6.07, 6.45) is 0.798. The van der Waals surface area contributed by atoms with Gasteiger partial charge in [-0.2, -0.15) is 0 Å². The first kappa shape index (κ1) is 7.60. The van der Waals surface area contributed by atoms with Crippen molar-refractivity contribution in [2.75, 3.05) is 0 Å². The van der Waals surface area contributed by atoms with Gasteiger partial charge in [-0.3, -0.25) is 4.99 Å². The van der Waals surface area contributed by atoms with E-state index in [1.807, 2.05) is 0 Å². The molecule has 0 amide bonds. The summed E-state index contributed by atoms with van der Waals surface area (Å²) in [7, 11) is 0. The molecule has 0 aromatic carbocycles. The minimum atomic E-state index is -0.828. The fraction of sp³-hybridized carbons (Fsp3) is 0.833. The standard InChI is InChI=1S/C6H12FN/c1-4-8-6(3)5(2)7/h4-6H,1-3H3. The molecule has 0 fully saturated rings. The number of aliphatic imine (C=N–C) groups is 1. The van der Waals surface area contributed by atoms with Crippen molar-refractivity contribution in [1.29, 1.82) is 0 Å². The van der Waals surface area contributed by atoms with Crippen molar-refractivity contribution in [3.63, 3.8) is 0 Å². The number of nitrogens with zero attached hydrogens (tertiary/aromatic N) is 1. The van der Waals surface area contributed by atoms with Crippen LogP contribution in [0.5, 0.6) is 0 Å². The highest BCUT2D eigenvalue weighted by atomic mass is 19.1. The first-order valence-electron chi connectivity index (χ1n) is 2.80. The van der Waals surface area contributed by atoms with Crippen LogP contribution in [0.2, 0.25) is 0 Å². The van der Waals surface area contributed by atoms with Crippen molar-refractivity contribution in [2.45, 2.75) is 33.0 Å². The molecule has 0 aliphatic heterocycles. The van der Waals surface area contributed by atoms with Crippen LogP contribution in [0.15, 0.2) is 4.99 Å². The number of hydrogen-bond donors (Lipinski definition) is 0. The maximum absolute atomic E-state index is 12.2. The van der Waals surface area contributed by atoms with Crippen molar-refractivity contribution in [3.8, 4) is 0 Å². The highest BCUT2D eigenvalue weighted by Crippen LogP contribution is 1.99. The summed E-state index contributed by atoms with van der Waals surface area (Å²) >= 11 is 0. The summed E-state index contributed by atoms with van der Waals surface area (Å²) in [6, 6.07) is -0.181. The Morgan fingerprint density at radius 2 is 2.00 bits per heavy atom. The van der Waals surface area contributed by atoms with Crippen molar-refractivity contribution in [2.24, 2.45) is 4.99 Å². The van der Waals surface area contributed by atoms with E-state index in [0.717, 1.165) is 0 Å². The lowest BCUT2D eigenvalue weighted by Gasteiger charge is -2.04. The molecule has 0 heterocycles. The molecule has 2 heteroatoms. The molecular weight excluding hydrogens is 105 g/mol. The Morgan fingerprint density at radius 1 is 1.50 bits per heavy atom. The summed E-state index contributed by atoms with van der Waals surface area (Å²) in [6.45, 7) is 5.06. The van der Waals surface area contributed by atoms with E-state index in [2.05, 4.69) is 4.99 Å². The molecular formula is C6H12FN. The van der Waals surface area contributed by atoms with Gasteiger partial charge < -0.3 is 0 Å². The Bertz CT molecular complexity index is 78.6. The van der Waals surface area contributed by atoms with Gasteiger partial charge >= 0.3 is 0 Å². The van der Waals surface area contributed by atoms with Crippen LogP contribution < -0.4 is 0 Å². The van der Waals surface area contributed by atoms with Crippen LogP contribution in [0.3, 0.4) is 0 Å². The van der Waals surface area contributed by atoms with Crippen LogP contribution in [-0.4, -0.2) is 18.4 Å². The fourth-order valence-corrected chi connectivity index (χ4v) is 0.354. The molecule has 2 unspecified atom stereocenters. The largest absolute Gasteiger partial charge is 0.292 e. The van der Waals surface area contributed by atoms with E-state index in [1.54, 1.807) is 20.1 Å². The van der Waals surface area contributed by atoms with Crippen molar-refractivity contribution in [1.82, 2.24) is 0 Å². The molecule has 8 heavy (non-hydrogen) atoms. The first-order chi connectivity index (χ1) is 3.68. The second kappa shape index (κ2) is 3.58. The molecule has 0 aliphatic carbocycles. The Labute approximate surface area is 49.6 Å². The Balaban J connectivity index is 3.47. The van der Waals surface area contributed by atoms with Crippen molar-refractivity contribution >= 4 is 6.21 Å². The molecule has 0 aliphatic rings. The number of hydrogen-bond acceptors (Lipinski definition) is 1. The zero-order valence-electron chi connectivity index (χ0n) is 5.56. The molecule has 0 saturated carbocycles. The van der Waals surface area contributed by atoms with E-state index in [9.17, 15) is 4.39 Å². The monoisotopic (exact) mass is 117 g/mol. The molecule has 0 radical (unpaired) electrons. The normalized spacial score (nSPS) is 19.0.